The second-order valence-corrected chi connectivity index (χ2v) is 6.86. The van der Waals surface area contributed by atoms with Crippen LogP contribution in [0.3, 0.4) is 0 Å². The molecule has 0 atom stereocenters. The number of hydrogen-bond acceptors (Lipinski definition) is 5. The number of nitrogens with zero attached hydrogens (tertiary/aromatic N) is 1. The van der Waals surface area contributed by atoms with Crippen molar-refractivity contribution in [2.75, 3.05) is 20.3 Å². The molecule has 0 unspecified atom stereocenters. The van der Waals surface area contributed by atoms with Crippen LogP contribution < -0.4 is 14.8 Å². The van der Waals surface area contributed by atoms with Gasteiger partial charge in [-0.25, -0.2) is 4.98 Å². The highest BCUT2D eigenvalue weighted by atomic mass is 32.1. The van der Waals surface area contributed by atoms with E-state index in [2.05, 4.69) is 29.4 Å². The summed E-state index contributed by atoms with van der Waals surface area (Å²) in [5.74, 6) is 0.990. The number of aromatic nitrogens is 1. The monoisotopic (exact) mass is 382 g/mol. The molecule has 3 rings (SSSR count). The Hall–Kier alpha value is -2.86. The Morgan fingerprint density at radius 2 is 1.85 bits per heavy atom. The minimum absolute atomic E-state index is 0.0497. The van der Waals surface area contributed by atoms with Gasteiger partial charge in [0.25, 0.3) is 5.91 Å². The predicted octanol–water partition coefficient (Wildman–Crippen LogP) is 3.86. The number of carbonyl (C=O) groups excluding carboxylic acids is 1. The number of hydrogen-bond donors (Lipinski definition) is 1. The van der Waals surface area contributed by atoms with Gasteiger partial charge in [-0.2, -0.15) is 0 Å². The lowest BCUT2D eigenvalue weighted by atomic mass is 10.1. The number of methoxy groups -OCH3 is 1. The van der Waals surface area contributed by atoms with Crippen LogP contribution in [0.2, 0.25) is 0 Å². The van der Waals surface area contributed by atoms with Crippen LogP contribution in [0.25, 0.3) is 10.6 Å². The molecule has 0 spiro atoms. The fourth-order valence-electron chi connectivity index (χ4n) is 2.62. The zero-order valence-electron chi connectivity index (χ0n) is 15.4. The van der Waals surface area contributed by atoms with Crippen LogP contribution in [0, 0.1) is 6.92 Å². The number of para-hydroxylation sites is 2. The Balaban J connectivity index is 1.46. The van der Waals surface area contributed by atoms with E-state index in [1.165, 1.54) is 5.56 Å². The average Bonchev–Trinajstić information content (AvgIpc) is 3.15. The lowest BCUT2D eigenvalue weighted by molar-refractivity contribution is -0.123. The summed E-state index contributed by atoms with van der Waals surface area (Å²) in [5, 5.41) is 5.91. The lowest BCUT2D eigenvalue weighted by Crippen LogP contribution is -2.30. The summed E-state index contributed by atoms with van der Waals surface area (Å²) in [6, 6.07) is 15.5. The van der Waals surface area contributed by atoms with Gasteiger partial charge in [0.05, 0.1) is 12.8 Å². The van der Waals surface area contributed by atoms with Crippen molar-refractivity contribution in [1.29, 1.82) is 0 Å². The number of thiazole rings is 1. The van der Waals surface area contributed by atoms with Crippen LogP contribution >= 0.6 is 11.3 Å². The first-order valence-electron chi connectivity index (χ1n) is 8.70. The summed E-state index contributed by atoms with van der Waals surface area (Å²) in [4.78, 5) is 16.7. The topological polar surface area (TPSA) is 60.5 Å². The maximum atomic E-state index is 12.0. The standard InChI is InChI=1S/C21H22N2O3S/c1-15-7-3-4-8-17(15)21-23-16(14-27-21)11-12-22-20(24)13-26-19-10-6-5-9-18(19)25-2/h3-10,14H,11-13H2,1-2H3,(H,22,24). The molecule has 0 fully saturated rings. The Bertz CT molecular complexity index is 908. The first-order chi connectivity index (χ1) is 13.2. The molecule has 1 amide bonds. The molecule has 0 saturated heterocycles. The third-order valence-corrected chi connectivity index (χ3v) is 4.98. The van der Waals surface area contributed by atoms with Crippen LogP contribution in [0.15, 0.2) is 53.9 Å². The summed E-state index contributed by atoms with van der Waals surface area (Å²) >= 11 is 1.62. The Morgan fingerprint density at radius 3 is 2.63 bits per heavy atom. The SMILES string of the molecule is COc1ccccc1OCC(=O)NCCc1csc(-c2ccccc2C)n1. The van der Waals surface area contributed by atoms with Crippen LogP contribution in [-0.2, 0) is 11.2 Å². The number of amides is 1. The molecule has 3 aromatic rings. The molecule has 140 valence electrons. The van der Waals surface area contributed by atoms with Crippen molar-refractivity contribution in [2.24, 2.45) is 0 Å². The van der Waals surface area contributed by atoms with E-state index in [0.29, 0.717) is 24.5 Å². The van der Waals surface area contributed by atoms with Crippen molar-refractivity contribution in [3.05, 3.63) is 65.2 Å². The Labute approximate surface area is 163 Å². The average molecular weight is 382 g/mol. The van der Waals surface area contributed by atoms with Gasteiger partial charge in [0, 0.05) is 23.9 Å². The van der Waals surface area contributed by atoms with Crippen LogP contribution in [-0.4, -0.2) is 31.2 Å². The van der Waals surface area contributed by atoms with Gasteiger partial charge in [-0.15, -0.1) is 11.3 Å². The summed E-state index contributed by atoms with van der Waals surface area (Å²) in [5.41, 5.74) is 3.34. The van der Waals surface area contributed by atoms with Crippen molar-refractivity contribution >= 4 is 17.2 Å². The molecule has 2 aromatic carbocycles. The Kier molecular flexibility index (Phi) is 6.44. The summed E-state index contributed by atoms with van der Waals surface area (Å²) in [7, 11) is 1.57. The first kappa shape index (κ1) is 18.9. The van der Waals surface area contributed by atoms with Crippen LogP contribution in [0.4, 0.5) is 0 Å². The van der Waals surface area contributed by atoms with E-state index in [4.69, 9.17) is 9.47 Å². The smallest absolute Gasteiger partial charge is 0.257 e. The number of aryl methyl sites for hydroxylation is 1. The van der Waals surface area contributed by atoms with Crippen LogP contribution in [0.1, 0.15) is 11.3 Å². The highest BCUT2D eigenvalue weighted by molar-refractivity contribution is 7.13. The predicted molar refractivity (Wildman–Crippen MR) is 107 cm³/mol. The second-order valence-electron chi connectivity index (χ2n) is 6.00. The van der Waals surface area contributed by atoms with Crippen molar-refractivity contribution in [2.45, 2.75) is 13.3 Å². The normalized spacial score (nSPS) is 10.4. The third kappa shape index (κ3) is 5.08. The molecule has 0 aliphatic rings. The summed E-state index contributed by atoms with van der Waals surface area (Å²) < 4.78 is 10.7. The van der Waals surface area contributed by atoms with Gasteiger partial charge in [-0.1, -0.05) is 36.4 Å². The van der Waals surface area contributed by atoms with Gasteiger partial charge in [-0.3, -0.25) is 4.79 Å². The molecule has 0 bridgehead atoms. The number of carbonyl (C=O) groups is 1. The van der Waals surface area contributed by atoms with E-state index in [1.54, 1.807) is 30.6 Å². The number of rotatable bonds is 8. The van der Waals surface area contributed by atoms with E-state index in [1.807, 2.05) is 29.6 Å². The van der Waals surface area contributed by atoms with Crippen molar-refractivity contribution in [1.82, 2.24) is 10.3 Å². The minimum Gasteiger partial charge on any atom is -0.493 e. The number of nitrogens with one attached hydrogen (secondary N) is 1. The van der Waals surface area contributed by atoms with Gasteiger partial charge < -0.3 is 14.8 Å². The fourth-order valence-corrected chi connectivity index (χ4v) is 3.56. The zero-order valence-corrected chi connectivity index (χ0v) is 16.2. The maximum absolute atomic E-state index is 12.0. The largest absolute Gasteiger partial charge is 0.493 e. The second kappa shape index (κ2) is 9.19. The Morgan fingerprint density at radius 1 is 1.11 bits per heavy atom. The summed E-state index contributed by atoms with van der Waals surface area (Å²) in [6.45, 7) is 2.55. The van der Waals surface area contributed by atoms with E-state index in [0.717, 1.165) is 16.3 Å². The van der Waals surface area contributed by atoms with Crippen molar-refractivity contribution in [3.8, 4) is 22.1 Å². The molecule has 1 aromatic heterocycles. The van der Waals surface area contributed by atoms with Crippen LogP contribution in [0.5, 0.6) is 11.5 Å². The first-order valence-corrected chi connectivity index (χ1v) is 9.58. The molecule has 5 nitrogen and oxygen atoms in total. The molecule has 1 N–H and O–H groups in total. The summed E-state index contributed by atoms with van der Waals surface area (Å²) in [6.07, 6.45) is 0.683. The van der Waals surface area contributed by atoms with Gasteiger partial charge in [0.15, 0.2) is 18.1 Å². The number of benzene rings is 2. The molecular formula is C21H22N2O3S. The fraction of sp³-hybridized carbons (Fsp3) is 0.238. The molecule has 0 radical (unpaired) electrons. The zero-order chi connectivity index (χ0) is 19.1. The van der Waals surface area contributed by atoms with E-state index < -0.39 is 0 Å². The highest BCUT2D eigenvalue weighted by Gasteiger charge is 2.09. The lowest BCUT2D eigenvalue weighted by Gasteiger charge is -2.10. The minimum atomic E-state index is -0.171. The molecule has 0 aliphatic heterocycles. The number of ether oxygens (including phenoxy) is 2. The van der Waals surface area contributed by atoms with E-state index in [9.17, 15) is 4.79 Å². The van der Waals surface area contributed by atoms with Crippen molar-refractivity contribution < 1.29 is 14.3 Å². The highest BCUT2D eigenvalue weighted by Crippen LogP contribution is 2.27. The maximum Gasteiger partial charge on any atom is 0.257 e. The van der Waals surface area contributed by atoms with Gasteiger partial charge in [0.2, 0.25) is 0 Å². The van der Waals surface area contributed by atoms with Gasteiger partial charge >= 0.3 is 0 Å². The molecule has 6 heteroatoms. The quantitative estimate of drug-likeness (QED) is 0.643. The van der Waals surface area contributed by atoms with E-state index >= 15 is 0 Å². The molecule has 0 aliphatic carbocycles. The van der Waals surface area contributed by atoms with Crippen molar-refractivity contribution in [3.63, 3.8) is 0 Å². The van der Waals surface area contributed by atoms with Gasteiger partial charge in [-0.05, 0) is 24.6 Å². The third-order valence-electron chi connectivity index (χ3n) is 4.06. The molecule has 1 heterocycles. The molecule has 27 heavy (non-hydrogen) atoms. The molecule has 0 saturated carbocycles. The molecular weight excluding hydrogens is 360 g/mol. The van der Waals surface area contributed by atoms with E-state index in [-0.39, 0.29) is 12.5 Å². The van der Waals surface area contributed by atoms with Gasteiger partial charge in [0.1, 0.15) is 5.01 Å².